The maximum Gasteiger partial charge on any atom is 0.266 e. The molecule has 5 rings (SSSR count). The molecule has 2 aromatic rings. The molecule has 3 aliphatic rings. The molecule has 0 unspecified atom stereocenters. The molecule has 9 nitrogen and oxygen atoms in total. The monoisotopic (exact) mass is 549 g/mol. The Morgan fingerprint density at radius 2 is 1.70 bits per heavy atom. The van der Waals surface area contributed by atoms with E-state index in [1.54, 1.807) is 12.1 Å². The Balaban J connectivity index is 1.39. The van der Waals surface area contributed by atoms with Gasteiger partial charge in [-0.3, -0.25) is 9.69 Å². The predicted octanol–water partition coefficient (Wildman–Crippen LogP) is 2.28. The van der Waals surface area contributed by atoms with Crippen molar-refractivity contribution in [2.24, 2.45) is 5.92 Å². The standard InChI is InChI=1S/C26H35N3O6S2/c1-2-6-23-25-24(11-13-28(25)36(31,32)18-5-12-27-14-16-35-17-15-27)29(26(23)30)37(33,34)22-10-9-20-7-3-4-8-21(20)19-22/h3-4,7-10,19,23-25H,2,5-6,11-18H2,1H3/t23-,24+,25-/m1/s1. The van der Waals surface area contributed by atoms with Gasteiger partial charge in [0.25, 0.3) is 10.0 Å². The largest absolute Gasteiger partial charge is 0.379 e. The molecule has 1 amide bonds. The summed E-state index contributed by atoms with van der Waals surface area (Å²) < 4.78 is 62.3. The van der Waals surface area contributed by atoms with Crippen LogP contribution in [0.1, 0.15) is 32.6 Å². The van der Waals surface area contributed by atoms with Crippen molar-refractivity contribution in [3.05, 3.63) is 42.5 Å². The van der Waals surface area contributed by atoms with Gasteiger partial charge in [0.1, 0.15) is 0 Å². The smallest absolute Gasteiger partial charge is 0.266 e. The van der Waals surface area contributed by atoms with Crippen LogP contribution in [0, 0.1) is 5.92 Å². The summed E-state index contributed by atoms with van der Waals surface area (Å²) in [6.45, 7) is 5.73. The van der Waals surface area contributed by atoms with Gasteiger partial charge >= 0.3 is 0 Å². The summed E-state index contributed by atoms with van der Waals surface area (Å²) in [6, 6.07) is 11.0. The lowest BCUT2D eigenvalue weighted by molar-refractivity contribution is -0.128. The number of amides is 1. The molecule has 3 heterocycles. The third-order valence-corrected chi connectivity index (χ3v) is 11.6. The van der Waals surface area contributed by atoms with Crippen molar-refractivity contribution >= 4 is 36.7 Å². The van der Waals surface area contributed by atoms with Crippen LogP contribution in [0.4, 0.5) is 0 Å². The average molecular weight is 550 g/mol. The number of morpholine rings is 1. The highest BCUT2D eigenvalue weighted by molar-refractivity contribution is 7.90. The lowest BCUT2D eigenvalue weighted by Gasteiger charge is -2.28. The molecule has 3 saturated heterocycles. The van der Waals surface area contributed by atoms with Crippen molar-refractivity contribution in [1.29, 1.82) is 0 Å². The second-order valence-corrected chi connectivity index (χ2v) is 14.0. The molecule has 3 fully saturated rings. The molecule has 0 bridgehead atoms. The van der Waals surface area contributed by atoms with E-state index in [0.29, 0.717) is 45.4 Å². The Morgan fingerprint density at radius 1 is 0.973 bits per heavy atom. The van der Waals surface area contributed by atoms with E-state index in [9.17, 15) is 21.6 Å². The Labute approximate surface area is 219 Å². The number of hydrogen-bond donors (Lipinski definition) is 0. The molecule has 3 aliphatic heterocycles. The second-order valence-electron chi connectivity index (χ2n) is 10.1. The van der Waals surface area contributed by atoms with Crippen LogP contribution in [0.15, 0.2) is 47.4 Å². The zero-order chi connectivity index (χ0) is 26.2. The van der Waals surface area contributed by atoms with E-state index in [2.05, 4.69) is 4.90 Å². The summed E-state index contributed by atoms with van der Waals surface area (Å²) in [5.41, 5.74) is 0. The molecule has 202 valence electrons. The molecule has 0 spiro atoms. The van der Waals surface area contributed by atoms with E-state index in [-0.39, 0.29) is 17.2 Å². The van der Waals surface area contributed by atoms with Crippen LogP contribution < -0.4 is 0 Å². The SMILES string of the molecule is CCC[C@H]1C(=O)N(S(=O)(=O)c2ccc3ccccc3c2)[C@H]2CCN(S(=O)(=O)CCCN3CCOCC3)[C@H]12. The van der Waals surface area contributed by atoms with Gasteiger partial charge in [0.15, 0.2) is 0 Å². The minimum atomic E-state index is -4.14. The van der Waals surface area contributed by atoms with Crippen LogP contribution >= 0.6 is 0 Å². The van der Waals surface area contributed by atoms with E-state index < -0.39 is 44.0 Å². The van der Waals surface area contributed by atoms with Gasteiger partial charge in [-0.15, -0.1) is 0 Å². The Kier molecular flexibility index (Phi) is 7.61. The molecule has 0 aliphatic carbocycles. The predicted molar refractivity (Wildman–Crippen MR) is 141 cm³/mol. The molecule has 11 heteroatoms. The summed E-state index contributed by atoms with van der Waals surface area (Å²) in [6.07, 6.45) is 1.91. The van der Waals surface area contributed by atoms with E-state index >= 15 is 0 Å². The Bertz CT molecular complexity index is 1360. The Hall–Kier alpha value is -2.05. The molecule has 0 N–H and O–H groups in total. The van der Waals surface area contributed by atoms with Crippen molar-refractivity contribution in [2.75, 3.05) is 45.1 Å². The topological polar surface area (TPSA) is 104 Å². The summed E-state index contributed by atoms with van der Waals surface area (Å²) in [5.74, 6) is -1.17. The summed E-state index contributed by atoms with van der Waals surface area (Å²) in [7, 11) is -7.79. The summed E-state index contributed by atoms with van der Waals surface area (Å²) in [5, 5.41) is 1.68. The van der Waals surface area contributed by atoms with Gasteiger partial charge in [0.2, 0.25) is 15.9 Å². The number of rotatable bonds is 9. The van der Waals surface area contributed by atoms with Crippen LogP contribution in [0.3, 0.4) is 0 Å². The third kappa shape index (κ3) is 5.04. The minimum Gasteiger partial charge on any atom is -0.379 e. The molecule has 37 heavy (non-hydrogen) atoms. The van der Waals surface area contributed by atoms with Crippen molar-refractivity contribution in [3.8, 4) is 0 Å². The maximum absolute atomic E-state index is 13.8. The van der Waals surface area contributed by atoms with Crippen LogP contribution in [0.5, 0.6) is 0 Å². The first-order chi connectivity index (χ1) is 17.7. The molecular formula is C26H35N3O6S2. The molecule has 0 saturated carbocycles. The molecule has 2 aromatic carbocycles. The van der Waals surface area contributed by atoms with Gasteiger partial charge < -0.3 is 4.74 Å². The highest BCUT2D eigenvalue weighted by atomic mass is 32.2. The van der Waals surface area contributed by atoms with Crippen molar-refractivity contribution < 1.29 is 26.4 Å². The number of carbonyl (C=O) groups excluding carboxylic acids is 1. The number of hydrogen-bond acceptors (Lipinski definition) is 7. The number of sulfonamides is 2. The average Bonchev–Trinajstić information content (AvgIpc) is 3.43. The van der Waals surface area contributed by atoms with Crippen LogP contribution in [0.2, 0.25) is 0 Å². The summed E-state index contributed by atoms with van der Waals surface area (Å²) >= 11 is 0. The number of carbonyl (C=O) groups is 1. The van der Waals surface area contributed by atoms with E-state index in [1.165, 1.54) is 10.4 Å². The highest BCUT2D eigenvalue weighted by Gasteiger charge is 2.59. The van der Waals surface area contributed by atoms with Crippen molar-refractivity contribution in [1.82, 2.24) is 13.5 Å². The van der Waals surface area contributed by atoms with Crippen LogP contribution in [-0.4, -0.2) is 93.5 Å². The first-order valence-electron chi connectivity index (χ1n) is 13.1. The second kappa shape index (κ2) is 10.6. The zero-order valence-corrected chi connectivity index (χ0v) is 22.8. The lowest BCUT2D eigenvalue weighted by atomic mass is 9.95. The van der Waals surface area contributed by atoms with E-state index in [0.717, 1.165) is 28.2 Å². The summed E-state index contributed by atoms with van der Waals surface area (Å²) in [4.78, 5) is 15.8. The van der Waals surface area contributed by atoms with Crippen molar-refractivity contribution in [2.45, 2.75) is 49.6 Å². The minimum absolute atomic E-state index is 0.0158. The molecule has 0 aromatic heterocycles. The fourth-order valence-corrected chi connectivity index (χ4v) is 9.52. The maximum atomic E-state index is 13.8. The van der Waals surface area contributed by atoms with Crippen LogP contribution in [0.25, 0.3) is 10.8 Å². The lowest BCUT2D eigenvalue weighted by Crippen LogP contribution is -2.44. The molecule has 0 radical (unpaired) electrons. The number of fused-ring (bicyclic) bond motifs is 2. The number of ether oxygens (including phenoxy) is 1. The van der Waals surface area contributed by atoms with Gasteiger partial charge in [-0.1, -0.05) is 43.7 Å². The zero-order valence-electron chi connectivity index (χ0n) is 21.2. The molecular weight excluding hydrogens is 514 g/mol. The highest BCUT2D eigenvalue weighted by Crippen LogP contribution is 2.43. The normalized spacial score (nSPS) is 25.7. The van der Waals surface area contributed by atoms with E-state index in [1.807, 2.05) is 31.2 Å². The van der Waals surface area contributed by atoms with Gasteiger partial charge in [-0.25, -0.2) is 21.1 Å². The fraction of sp³-hybridized carbons (Fsp3) is 0.577. The van der Waals surface area contributed by atoms with Crippen molar-refractivity contribution in [3.63, 3.8) is 0 Å². The molecule has 3 atom stereocenters. The fourth-order valence-electron chi connectivity index (χ4n) is 6.05. The Morgan fingerprint density at radius 3 is 2.43 bits per heavy atom. The first-order valence-corrected chi connectivity index (χ1v) is 16.2. The van der Waals surface area contributed by atoms with Crippen LogP contribution in [-0.2, 0) is 29.6 Å². The number of benzene rings is 2. The van der Waals surface area contributed by atoms with Gasteiger partial charge in [-0.2, -0.15) is 4.31 Å². The van der Waals surface area contributed by atoms with Gasteiger partial charge in [0, 0.05) is 19.6 Å². The first kappa shape index (κ1) is 26.6. The quantitative estimate of drug-likeness (QED) is 0.473. The third-order valence-electron chi connectivity index (χ3n) is 7.83. The van der Waals surface area contributed by atoms with Gasteiger partial charge in [-0.05, 0) is 48.7 Å². The van der Waals surface area contributed by atoms with E-state index in [4.69, 9.17) is 4.74 Å². The number of nitrogens with zero attached hydrogens (tertiary/aromatic N) is 3. The van der Waals surface area contributed by atoms with Gasteiger partial charge in [0.05, 0.1) is 41.9 Å².